The zero-order chi connectivity index (χ0) is 15.2. The number of nitrogens with zero attached hydrogens (tertiary/aromatic N) is 3. The predicted molar refractivity (Wildman–Crippen MR) is 94.1 cm³/mol. The summed E-state index contributed by atoms with van der Waals surface area (Å²) in [7, 11) is 6.26. The van der Waals surface area contributed by atoms with Gasteiger partial charge in [-0.2, -0.15) is 0 Å². The number of anilines is 1. The summed E-state index contributed by atoms with van der Waals surface area (Å²) in [6, 6.07) is 6.69. The Balaban J connectivity index is 1.90. The Morgan fingerprint density at radius 1 is 1.19 bits per heavy atom. The highest BCUT2D eigenvalue weighted by Gasteiger charge is 2.18. The van der Waals surface area contributed by atoms with Gasteiger partial charge in [-0.15, -0.1) is 0 Å². The van der Waals surface area contributed by atoms with E-state index in [0.717, 1.165) is 39.3 Å². The van der Waals surface area contributed by atoms with Gasteiger partial charge in [0.25, 0.3) is 0 Å². The quantitative estimate of drug-likeness (QED) is 0.841. The average Bonchev–Trinajstić information content (AvgIpc) is 2.46. The molecule has 0 aliphatic carbocycles. The van der Waals surface area contributed by atoms with E-state index in [9.17, 15) is 0 Å². The van der Waals surface area contributed by atoms with E-state index in [2.05, 4.69) is 68.2 Å². The number of benzene rings is 1. The molecule has 0 unspecified atom stereocenters. The van der Waals surface area contributed by atoms with Crippen molar-refractivity contribution in [3.63, 3.8) is 0 Å². The summed E-state index contributed by atoms with van der Waals surface area (Å²) in [4.78, 5) is 7.29. The molecular weight excluding hydrogens is 328 g/mol. The second kappa shape index (κ2) is 8.13. The van der Waals surface area contributed by atoms with Crippen molar-refractivity contribution in [1.82, 2.24) is 15.1 Å². The molecule has 1 aliphatic heterocycles. The molecule has 21 heavy (non-hydrogen) atoms. The van der Waals surface area contributed by atoms with Gasteiger partial charge in [-0.05, 0) is 54.8 Å². The molecule has 0 amide bonds. The van der Waals surface area contributed by atoms with E-state index in [1.807, 2.05) is 7.05 Å². The minimum Gasteiger partial charge on any atom is -0.368 e. The molecule has 1 fully saturated rings. The van der Waals surface area contributed by atoms with Crippen molar-refractivity contribution in [2.45, 2.75) is 6.54 Å². The Morgan fingerprint density at radius 3 is 2.48 bits per heavy atom. The van der Waals surface area contributed by atoms with Crippen molar-refractivity contribution in [3.05, 3.63) is 28.2 Å². The molecule has 0 spiro atoms. The molecular formula is C16H27BrN4. The lowest BCUT2D eigenvalue weighted by molar-refractivity contribution is 0.229. The molecule has 1 aliphatic rings. The highest BCUT2D eigenvalue weighted by molar-refractivity contribution is 9.10. The summed E-state index contributed by atoms with van der Waals surface area (Å²) in [5.74, 6) is 0. The first-order chi connectivity index (χ1) is 10.1. The zero-order valence-corrected chi connectivity index (χ0v) is 15.0. The van der Waals surface area contributed by atoms with Crippen LogP contribution in [0.2, 0.25) is 0 Å². The maximum atomic E-state index is 3.73. The van der Waals surface area contributed by atoms with Gasteiger partial charge in [-0.25, -0.2) is 0 Å². The van der Waals surface area contributed by atoms with Gasteiger partial charge in [0.15, 0.2) is 0 Å². The molecule has 1 heterocycles. The van der Waals surface area contributed by atoms with Crippen LogP contribution in [0.3, 0.4) is 0 Å². The maximum Gasteiger partial charge on any atom is 0.0511 e. The van der Waals surface area contributed by atoms with Crippen LogP contribution >= 0.6 is 15.9 Å². The van der Waals surface area contributed by atoms with Gasteiger partial charge in [0.1, 0.15) is 0 Å². The van der Waals surface area contributed by atoms with Crippen LogP contribution in [0.5, 0.6) is 0 Å². The van der Waals surface area contributed by atoms with Crippen LogP contribution in [0.25, 0.3) is 0 Å². The standard InChI is InChI=1S/C16H27BrN4/c1-18-13-14-4-5-16(15(17)12-14)21-10-8-20(9-11-21)7-6-19(2)3/h4-5,12,18H,6-11,13H2,1-3H3. The number of hydrogen-bond acceptors (Lipinski definition) is 4. The van der Waals surface area contributed by atoms with Gasteiger partial charge >= 0.3 is 0 Å². The third kappa shape index (κ3) is 4.95. The average molecular weight is 355 g/mol. The van der Waals surface area contributed by atoms with Gasteiger partial charge in [-0.3, -0.25) is 4.90 Å². The molecule has 4 nitrogen and oxygen atoms in total. The molecule has 0 radical (unpaired) electrons. The van der Waals surface area contributed by atoms with E-state index < -0.39 is 0 Å². The van der Waals surface area contributed by atoms with Crippen molar-refractivity contribution in [2.75, 3.05) is 65.3 Å². The van der Waals surface area contributed by atoms with E-state index in [-0.39, 0.29) is 0 Å². The van der Waals surface area contributed by atoms with Crippen LogP contribution in [0, 0.1) is 0 Å². The van der Waals surface area contributed by atoms with Crippen LogP contribution < -0.4 is 10.2 Å². The Hall–Kier alpha value is -0.620. The van der Waals surface area contributed by atoms with E-state index in [0.29, 0.717) is 0 Å². The lowest BCUT2D eigenvalue weighted by Crippen LogP contribution is -2.48. The number of nitrogens with one attached hydrogen (secondary N) is 1. The van der Waals surface area contributed by atoms with Crippen LogP contribution in [-0.4, -0.2) is 70.2 Å². The summed E-state index contributed by atoms with van der Waals surface area (Å²) < 4.78 is 1.21. The largest absolute Gasteiger partial charge is 0.368 e. The van der Waals surface area contributed by atoms with Crippen LogP contribution in [0.15, 0.2) is 22.7 Å². The SMILES string of the molecule is CNCc1ccc(N2CCN(CCN(C)C)CC2)c(Br)c1. The molecule has 0 bridgehead atoms. The van der Waals surface area contributed by atoms with Crippen LogP contribution in [-0.2, 0) is 6.54 Å². The first-order valence-corrected chi connectivity index (χ1v) is 8.44. The Kier molecular flexibility index (Phi) is 6.48. The molecule has 2 rings (SSSR count). The summed E-state index contributed by atoms with van der Waals surface area (Å²) in [6.45, 7) is 7.74. The van der Waals surface area contributed by atoms with E-state index in [1.54, 1.807) is 0 Å². The van der Waals surface area contributed by atoms with Crippen LogP contribution in [0.4, 0.5) is 5.69 Å². The molecule has 1 aromatic rings. The summed E-state index contributed by atoms with van der Waals surface area (Å²) in [5, 5.41) is 3.19. The maximum absolute atomic E-state index is 3.73. The highest BCUT2D eigenvalue weighted by atomic mass is 79.9. The van der Waals surface area contributed by atoms with Crippen molar-refractivity contribution in [1.29, 1.82) is 0 Å². The minimum atomic E-state index is 0.914. The van der Waals surface area contributed by atoms with E-state index in [1.165, 1.54) is 22.3 Å². The van der Waals surface area contributed by atoms with Gasteiger partial charge in [-0.1, -0.05) is 6.07 Å². The molecule has 1 N–H and O–H groups in total. The first kappa shape index (κ1) is 16.7. The molecule has 0 saturated carbocycles. The highest BCUT2D eigenvalue weighted by Crippen LogP contribution is 2.28. The van der Waals surface area contributed by atoms with Crippen molar-refractivity contribution >= 4 is 21.6 Å². The summed E-state index contributed by atoms with van der Waals surface area (Å²) in [6.07, 6.45) is 0. The summed E-state index contributed by atoms with van der Waals surface area (Å²) >= 11 is 3.73. The fourth-order valence-electron chi connectivity index (χ4n) is 2.67. The smallest absolute Gasteiger partial charge is 0.0511 e. The zero-order valence-electron chi connectivity index (χ0n) is 13.4. The number of halogens is 1. The first-order valence-electron chi connectivity index (χ1n) is 7.65. The fourth-order valence-corrected chi connectivity index (χ4v) is 3.35. The Bertz CT molecular complexity index is 442. The van der Waals surface area contributed by atoms with Crippen LogP contribution in [0.1, 0.15) is 5.56 Å². The van der Waals surface area contributed by atoms with Crippen molar-refractivity contribution in [3.8, 4) is 0 Å². The second-order valence-corrected chi connectivity index (χ2v) is 6.80. The number of piperazine rings is 1. The van der Waals surface area contributed by atoms with E-state index in [4.69, 9.17) is 0 Å². The second-order valence-electron chi connectivity index (χ2n) is 5.95. The third-order valence-electron chi connectivity index (χ3n) is 3.97. The molecule has 1 saturated heterocycles. The minimum absolute atomic E-state index is 0.914. The molecule has 118 valence electrons. The van der Waals surface area contributed by atoms with Gasteiger partial charge in [0.2, 0.25) is 0 Å². The Labute approximate surface area is 137 Å². The monoisotopic (exact) mass is 354 g/mol. The van der Waals surface area contributed by atoms with Crippen molar-refractivity contribution < 1.29 is 0 Å². The van der Waals surface area contributed by atoms with Gasteiger partial charge in [0.05, 0.1) is 5.69 Å². The molecule has 0 aromatic heterocycles. The van der Waals surface area contributed by atoms with E-state index >= 15 is 0 Å². The predicted octanol–water partition coefficient (Wildman–Crippen LogP) is 1.85. The van der Waals surface area contributed by atoms with Crippen molar-refractivity contribution in [2.24, 2.45) is 0 Å². The lowest BCUT2D eigenvalue weighted by Gasteiger charge is -2.37. The molecule has 1 aromatic carbocycles. The third-order valence-corrected chi connectivity index (χ3v) is 4.60. The van der Waals surface area contributed by atoms with Gasteiger partial charge in [0, 0.05) is 50.3 Å². The van der Waals surface area contributed by atoms with Gasteiger partial charge < -0.3 is 15.1 Å². The normalized spacial score (nSPS) is 16.7. The Morgan fingerprint density at radius 2 is 1.90 bits per heavy atom. The number of hydrogen-bond donors (Lipinski definition) is 1. The fraction of sp³-hybridized carbons (Fsp3) is 0.625. The summed E-state index contributed by atoms with van der Waals surface area (Å²) in [5.41, 5.74) is 2.64. The lowest BCUT2D eigenvalue weighted by atomic mass is 10.1. The number of rotatable bonds is 6. The molecule has 5 heteroatoms. The number of likely N-dealkylation sites (N-methyl/N-ethyl adjacent to an activating group) is 1. The topological polar surface area (TPSA) is 21.8 Å². The molecule has 0 atom stereocenters.